The number of hydrogen-bond acceptors (Lipinski definition) is 4. The summed E-state index contributed by atoms with van der Waals surface area (Å²) in [5, 5.41) is 9.86. The van der Waals surface area contributed by atoms with Gasteiger partial charge in [0.05, 0.1) is 6.54 Å². The van der Waals surface area contributed by atoms with Gasteiger partial charge in [0.1, 0.15) is 5.01 Å². The Morgan fingerprint density at radius 1 is 1.43 bits per heavy atom. The van der Waals surface area contributed by atoms with Gasteiger partial charge in [0, 0.05) is 35.0 Å². The number of rotatable bonds is 6. The number of nitrogens with one attached hydrogen (secondary N) is 2. The summed E-state index contributed by atoms with van der Waals surface area (Å²) in [6.07, 6.45) is 1.90. The van der Waals surface area contributed by atoms with E-state index in [1.54, 1.807) is 22.7 Å². The van der Waals surface area contributed by atoms with Gasteiger partial charge in [-0.3, -0.25) is 0 Å². The van der Waals surface area contributed by atoms with Gasteiger partial charge in [0.2, 0.25) is 0 Å². The normalized spacial score (nSPS) is 13.2. The van der Waals surface area contributed by atoms with Crippen molar-refractivity contribution in [3.8, 4) is 0 Å². The highest BCUT2D eigenvalue weighted by molar-refractivity contribution is 7.11. The molecule has 2 rings (SSSR count). The third-order valence-corrected chi connectivity index (χ3v) is 4.99. The van der Waals surface area contributed by atoms with E-state index in [2.05, 4.69) is 58.9 Å². The van der Waals surface area contributed by atoms with Crippen molar-refractivity contribution in [3.05, 3.63) is 38.5 Å². The molecule has 0 aromatic carbocycles. The Labute approximate surface area is 134 Å². The van der Waals surface area contributed by atoms with E-state index in [4.69, 9.17) is 0 Å². The Morgan fingerprint density at radius 3 is 2.90 bits per heavy atom. The van der Waals surface area contributed by atoms with Gasteiger partial charge in [-0.05, 0) is 25.3 Å². The van der Waals surface area contributed by atoms with E-state index in [0.717, 1.165) is 24.1 Å². The van der Waals surface area contributed by atoms with Crippen molar-refractivity contribution in [1.29, 1.82) is 0 Å². The van der Waals surface area contributed by atoms with E-state index in [9.17, 15) is 0 Å². The highest BCUT2D eigenvalue weighted by atomic mass is 32.1. The third kappa shape index (κ3) is 5.13. The molecule has 21 heavy (non-hydrogen) atoms. The first-order chi connectivity index (χ1) is 10.2. The quantitative estimate of drug-likeness (QED) is 0.633. The Bertz CT molecular complexity index is 560. The molecule has 1 atom stereocenters. The van der Waals surface area contributed by atoms with Crippen LogP contribution >= 0.6 is 22.7 Å². The van der Waals surface area contributed by atoms with Crippen molar-refractivity contribution in [1.82, 2.24) is 15.6 Å². The smallest absolute Gasteiger partial charge is 0.191 e. The summed E-state index contributed by atoms with van der Waals surface area (Å²) in [7, 11) is 0. The zero-order valence-corrected chi connectivity index (χ0v) is 14.4. The average Bonchev–Trinajstić information content (AvgIpc) is 3.13. The summed E-state index contributed by atoms with van der Waals surface area (Å²) < 4.78 is 0. The molecule has 114 valence electrons. The molecule has 4 nitrogen and oxygen atoms in total. The van der Waals surface area contributed by atoms with Crippen molar-refractivity contribution >= 4 is 28.6 Å². The monoisotopic (exact) mass is 322 g/mol. The Morgan fingerprint density at radius 2 is 2.29 bits per heavy atom. The topological polar surface area (TPSA) is 49.3 Å². The first-order valence-corrected chi connectivity index (χ1v) is 8.85. The van der Waals surface area contributed by atoms with Gasteiger partial charge in [-0.2, -0.15) is 0 Å². The summed E-state index contributed by atoms with van der Waals surface area (Å²) in [6.45, 7) is 8.73. The highest BCUT2D eigenvalue weighted by Gasteiger charge is 2.07. The van der Waals surface area contributed by atoms with Gasteiger partial charge in [0.25, 0.3) is 0 Å². The molecule has 0 saturated heterocycles. The maximum Gasteiger partial charge on any atom is 0.191 e. The molecule has 0 aliphatic heterocycles. The number of nitrogens with zero attached hydrogens (tertiary/aromatic N) is 2. The van der Waals surface area contributed by atoms with E-state index in [1.807, 2.05) is 6.20 Å². The molecule has 0 amide bonds. The number of aliphatic imine (C=N–C) groups is 1. The fourth-order valence-corrected chi connectivity index (χ4v) is 3.38. The van der Waals surface area contributed by atoms with Gasteiger partial charge in [-0.1, -0.05) is 13.0 Å². The van der Waals surface area contributed by atoms with Crippen LogP contribution in [0.4, 0.5) is 0 Å². The number of hydrogen-bond donors (Lipinski definition) is 2. The fourth-order valence-electron chi connectivity index (χ4n) is 1.89. The molecule has 1 unspecified atom stereocenters. The largest absolute Gasteiger partial charge is 0.357 e. The Kier molecular flexibility index (Phi) is 6.20. The van der Waals surface area contributed by atoms with Crippen LogP contribution in [-0.4, -0.2) is 24.0 Å². The molecule has 0 spiro atoms. The lowest BCUT2D eigenvalue weighted by atomic mass is 10.1. The van der Waals surface area contributed by atoms with Crippen LogP contribution in [0.25, 0.3) is 0 Å². The second-order valence-electron chi connectivity index (χ2n) is 4.86. The minimum atomic E-state index is 0.482. The van der Waals surface area contributed by atoms with Crippen LogP contribution in [-0.2, 0) is 6.54 Å². The fraction of sp³-hybridized carbons (Fsp3) is 0.467. The van der Waals surface area contributed by atoms with Gasteiger partial charge in [-0.15, -0.1) is 22.7 Å². The predicted molar refractivity (Wildman–Crippen MR) is 92.4 cm³/mol. The van der Waals surface area contributed by atoms with Crippen molar-refractivity contribution in [2.24, 2.45) is 4.99 Å². The maximum absolute atomic E-state index is 4.60. The number of aromatic nitrogens is 1. The number of thiophene rings is 1. The summed E-state index contributed by atoms with van der Waals surface area (Å²) in [6, 6.07) is 4.28. The molecular formula is C15H22N4S2. The minimum Gasteiger partial charge on any atom is -0.357 e. The third-order valence-electron chi connectivity index (χ3n) is 2.99. The van der Waals surface area contributed by atoms with Crippen LogP contribution in [0.15, 0.2) is 28.7 Å². The Hall–Kier alpha value is -1.40. The van der Waals surface area contributed by atoms with E-state index >= 15 is 0 Å². The van der Waals surface area contributed by atoms with E-state index in [1.165, 1.54) is 9.75 Å². The second kappa shape index (κ2) is 8.14. The zero-order valence-electron chi connectivity index (χ0n) is 12.7. The van der Waals surface area contributed by atoms with Crippen LogP contribution in [0.5, 0.6) is 0 Å². The first kappa shape index (κ1) is 16.0. The van der Waals surface area contributed by atoms with Crippen molar-refractivity contribution in [2.75, 3.05) is 13.1 Å². The SMILES string of the molecule is CCNC(=NCc1ncc(C)s1)NCC(C)c1cccs1. The molecule has 0 fully saturated rings. The minimum absolute atomic E-state index is 0.482. The van der Waals surface area contributed by atoms with Crippen LogP contribution in [0, 0.1) is 6.92 Å². The maximum atomic E-state index is 4.60. The van der Waals surface area contributed by atoms with Crippen molar-refractivity contribution in [2.45, 2.75) is 33.2 Å². The number of thiazole rings is 1. The predicted octanol–water partition coefficient (Wildman–Crippen LogP) is 3.37. The van der Waals surface area contributed by atoms with Crippen LogP contribution < -0.4 is 10.6 Å². The van der Waals surface area contributed by atoms with Crippen LogP contribution in [0.3, 0.4) is 0 Å². The molecular weight excluding hydrogens is 300 g/mol. The first-order valence-electron chi connectivity index (χ1n) is 7.16. The van der Waals surface area contributed by atoms with Gasteiger partial charge in [0.15, 0.2) is 5.96 Å². The average molecular weight is 323 g/mol. The van der Waals surface area contributed by atoms with E-state index in [0.29, 0.717) is 12.5 Å². The molecule has 0 aliphatic carbocycles. The van der Waals surface area contributed by atoms with Crippen LogP contribution in [0.2, 0.25) is 0 Å². The lowest BCUT2D eigenvalue weighted by Crippen LogP contribution is -2.39. The van der Waals surface area contributed by atoms with Gasteiger partial charge in [-0.25, -0.2) is 9.98 Å². The lowest BCUT2D eigenvalue weighted by Gasteiger charge is -2.14. The summed E-state index contributed by atoms with van der Waals surface area (Å²) in [5.74, 6) is 1.34. The molecule has 6 heteroatoms. The van der Waals surface area contributed by atoms with E-state index in [-0.39, 0.29) is 0 Å². The molecule has 2 heterocycles. The van der Waals surface area contributed by atoms with Gasteiger partial charge >= 0.3 is 0 Å². The molecule has 0 saturated carbocycles. The zero-order chi connectivity index (χ0) is 15.1. The number of aryl methyl sites for hydroxylation is 1. The summed E-state index contributed by atoms with van der Waals surface area (Å²) in [4.78, 5) is 11.6. The molecule has 0 radical (unpaired) electrons. The van der Waals surface area contributed by atoms with Crippen LogP contribution in [0.1, 0.15) is 34.5 Å². The summed E-state index contributed by atoms with van der Waals surface area (Å²) in [5.41, 5.74) is 0. The number of guanidine groups is 1. The molecule has 0 bridgehead atoms. The van der Waals surface area contributed by atoms with Crippen molar-refractivity contribution < 1.29 is 0 Å². The summed E-state index contributed by atoms with van der Waals surface area (Å²) >= 11 is 3.50. The van der Waals surface area contributed by atoms with Gasteiger partial charge < -0.3 is 10.6 Å². The van der Waals surface area contributed by atoms with Crippen molar-refractivity contribution in [3.63, 3.8) is 0 Å². The second-order valence-corrected chi connectivity index (χ2v) is 7.16. The molecule has 2 aromatic heterocycles. The van der Waals surface area contributed by atoms with E-state index < -0.39 is 0 Å². The molecule has 2 aromatic rings. The highest BCUT2D eigenvalue weighted by Crippen LogP contribution is 2.19. The molecule has 2 N–H and O–H groups in total. The molecule has 0 aliphatic rings. The lowest BCUT2D eigenvalue weighted by molar-refractivity contribution is 0.709. The standard InChI is InChI=1S/C15H22N4S2/c1-4-16-15(19-10-14-17-9-12(3)21-14)18-8-11(2)13-6-5-7-20-13/h5-7,9,11H,4,8,10H2,1-3H3,(H2,16,18,19). The Balaban J connectivity index is 1.89.